The molecule has 1 amide bonds. The van der Waals surface area contributed by atoms with E-state index in [9.17, 15) is 13.2 Å². The molecule has 2 aromatic carbocycles. The van der Waals surface area contributed by atoms with Gasteiger partial charge in [0.1, 0.15) is 0 Å². The molecule has 0 bridgehead atoms. The number of benzene rings is 2. The van der Waals surface area contributed by atoms with Gasteiger partial charge in [-0.3, -0.25) is 4.79 Å². The van der Waals surface area contributed by atoms with Crippen LogP contribution in [0.2, 0.25) is 5.02 Å². The molecule has 1 aliphatic rings. The summed E-state index contributed by atoms with van der Waals surface area (Å²) in [4.78, 5) is 14.2. The Hall–Kier alpha value is -1.85. The first-order chi connectivity index (χ1) is 12.5. The maximum atomic E-state index is 12.6. The molecule has 1 fully saturated rings. The smallest absolute Gasteiger partial charge is 0.222 e. The predicted octanol–water partition coefficient (Wildman–Crippen LogP) is 3.66. The van der Waals surface area contributed by atoms with Crippen molar-refractivity contribution in [1.82, 2.24) is 4.90 Å². The Morgan fingerprint density at radius 1 is 1.08 bits per heavy atom. The summed E-state index contributed by atoms with van der Waals surface area (Å²) < 4.78 is 25.3. The van der Waals surface area contributed by atoms with Gasteiger partial charge in [0.05, 0.1) is 11.0 Å². The van der Waals surface area contributed by atoms with E-state index in [1.165, 1.54) is 0 Å². The molecule has 3 rings (SSSR count). The Balaban J connectivity index is 1.64. The molecule has 1 aliphatic heterocycles. The lowest BCUT2D eigenvalue weighted by Gasteiger charge is -2.20. The average molecular weight is 392 g/mol. The van der Waals surface area contributed by atoms with Crippen molar-refractivity contribution in [3.63, 3.8) is 0 Å². The number of rotatable bonds is 4. The standard InChI is InChI=1S/C20H22ClNO3S/c21-18-8-4-5-16(15-18)9-10-20(23)22-12-11-19(26(24,25)14-13-22)17-6-2-1-3-7-17/h1-8,15,19H,9-14H2. The Bertz CT molecular complexity index is 868. The zero-order chi connectivity index (χ0) is 18.6. The molecule has 1 atom stereocenters. The van der Waals surface area contributed by atoms with Crippen molar-refractivity contribution in [2.45, 2.75) is 24.5 Å². The maximum absolute atomic E-state index is 12.6. The summed E-state index contributed by atoms with van der Waals surface area (Å²) in [6, 6.07) is 16.7. The quantitative estimate of drug-likeness (QED) is 0.799. The fourth-order valence-corrected chi connectivity index (χ4v) is 5.35. The minimum absolute atomic E-state index is 0.00566. The third kappa shape index (κ3) is 4.65. The largest absolute Gasteiger partial charge is 0.342 e. The Morgan fingerprint density at radius 2 is 1.85 bits per heavy atom. The highest BCUT2D eigenvalue weighted by Gasteiger charge is 2.32. The molecule has 1 saturated heterocycles. The monoisotopic (exact) mass is 391 g/mol. The number of hydrogen-bond acceptors (Lipinski definition) is 3. The van der Waals surface area contributed by atoms with E-state index in [4.69, 9.17) is 11.6 Å². The highest BCUT2D eigenvalue weighted by Crippen LogP contribution is 2.29. The molecule has 6 heteroatoms. The molecule has 26 heavy (non-hydrogen) atoms. The number of sulfone groups is 1. The molecule has 1 heterocycles. The summed E-state index contributed by atoms with van der Waals surface area (Å²) in [6.45, 7) is 0.729. The summed E-state index contributed by atoms with van der Waals surface area (Å²) in [7, 11) is -3.26. The van der Waals surface area contributed by atoms with Gasteiger partial charge in [-0.05, 0) is 36.1 Å². The maximum Gasteiger partial charge on any atom is 0.222 e. The first-order valence-corrected chi connectivity index (χ1v) is 10.8. The molecule has 2 aromatic rings. The average Bonchev–Trinajstić information content (AvgIpc) is 2.78. The van der Waals surface area contributed by atoms with Crippen LogP contribution in [0.15, 0.2) is 54.6 Å². The second-order valence-electron chi connectivity index (χ2n) is 6.57. The SMILES string of the molecule is O=C(CCc1cccc(Cl)c1)N1CCC(c2ccccc2)S(=O)(=O)CC1. The lowest BCUT2D eigenvalue weighted by molar-refractivity contribution is -0.130. The van der Waals surface area contributed by atoms with E-state index in [1.807, 2.05) is 48.5 Å². The Kier molecular flexibility index (Phi) is 5.99. The summed E-state index contributed by atoms with van der Waals surface area (Å²) >= 11 is 5.97. The summed E-state index contributed by atoms with van der Waals surface area (Å²) in [5.41, 5.74) is 1.82. The first-order valence-electron chi connectivity index (χ1n) is 8.74. The van der Waals surface area contributed by atoms with Crippen LogP contribution in [0.1, 0.15) is 29.2 Å². The number of nitrogens with zero attached hydrogens (tertiary/aromatic N) is 1. The molecule has 0 aliphatic carbocycles. The van der Waals surface area contributed by atoms with Gasteiger partial charge in [0.25, 0.3) is 0 Å². The van der Waals surface area contributed by atoms with Crippen molar-refractivity contribution in [2.24, 2.45) is 0 Å². The summed E-state index contributed by atoms with van der Waals surface area (Å²) in [6.07, 6.45) is 1.40. The lowest BCUT2D eigenvalue weighted by Crippen LogP contribution is -2.33. The van der Waals surface area contributed by atoms with Crippen LogP contribution < -0.4 is 0 Å². The first kappa shape index (κ1) is 18.9. The van der Waals surface area contributed by atoms with Gasteiger partial charge < -0.3 is 4.90 Å². The van der Waals surface area contributed by atoms with Crippen LogP contribution in [0.3, 0.4) is 0 Å². The van der Waals surface area contributed by atoms with Gasteiger partial charge in [0.15, 0.2) is 9.84 Å². The molecule has 1 unspecified atom stereocenters. The zero-order valence-electron chi connectivity index (χ0n) is 14.5. The summed E-state index contributed by atoms with van der Waals surface area (Å²) in [5.74, 6) is 0.00373. The van der Waals surface area contributed by atoms with E-state index in [0.717, 1.165) is 11.1 Å². The molecular weight excluding hydrogens is 370 g/mol. The number of hydrogen-bond donors (Lipinski definition) is 0. The number of carbonyl (C=O) groups is 1. The topological polar surface area (TPSA) is 54.5 Å². The normalized spacial score (nSPS) is 19.7. The number of amides is 1. The van der Waals surface area contributed by atoms with Crippen LogP contribution in [0.4, 0.5) is 0 Å². The van der Waals surface area contributed by atoms with E-state index in [0.29, 0.717) is 30.8 Å². The van der Waals surface area contributed by atoms with Crippen molar-refractivity contribution in [2.75, 3.05) is 18.8 Å². The minimum Gasteiger partial charge on any atom is -0.342 e. The second-order valence-corrected chi connectivity index (χ2v) is 9.31. The fourth-order valence-electron chi connectivity index (χ4n) is 3.34. The molecule has 0 aromatic heterocycles. The Labute approximate surface area is 159 Å². The second kappa shape index (κ2) is 8.23. The molecule has 138 valence electrons. The van der Waals surface area contributed by atoms with Gasteiger partial charge in [-0.25, -0.2) is 8.42 Å². The highest BCUT2D eigenvalue weighted by molar-refractivity contribution is 7.91. The molecule has 0 radical (unpaired) electrons. The number of aryl methyl sites for hydroxylation is 1. The fraction of sp³-hybridized carbons (Fsp3) is 0.350. The van der Waals surface area contributed by atoms with Crippen molar-refractivity contribution >= 4 is 27.3 Å². The van der Waals surface area contributed by atoms with Gasteiger partial charge in [-0.2, -0.15) is 0 Å². The van der Waals surface area contributed by atoms with Gasteiger partial charge in [-0.15, -0.1) is 0 Å². The lowest BCUT2D eigenvalue weighted by atomic mass is 10.1. The van der Waals surface area contributed by atoms with Gasteiger partial charge in [-0.1, -0.05) is 54.1 Å². The molecule has 4 nitrogen and oxygen atoms in total. The molecular formula is C20H22ClNO3S. The van der Waals surface area contributed by atoms with Crippen molar-refractivity contribution in [3.05, 3.63) is 70.7 Å². The van der Waals surface area contributed by atoms with Crippen LogP contribution in [-0.2, 0) is 21.1 Å². The van der Waals surface area contributed by atoms with Crippen LogP contribution in [0, 0.1) is 0 Å². The summed E-state index contributed by atoms with van der Waals surface area (Å²) in [5, 5.41) is 0.121. The third-order valence-electron chi connectivity index (χ3n) is 4.78. The van der Waals surface area contributed by atoms with Crippen LogP contribution in [0.5, 0.6) is 0 Å². The van der Waals surface area contributed by atoms with E-state index < -0.39 is 15.1 Å². The van der Waals surface area contributed by atoms with Crippen molar-refractivity contribution in [3.8, 4) is 0 Å². The van der Waals surface area contributed by atoms with Crippen LogP contribution in [-0.4, -0.2) is 38.1 Å². The van der Waals surface area contributed by atoms with E-state index in [1.54, 1.807) is 11.0 Å². The van der Waals surface area contributed by atoms with Crippen LogP contribution >= 0.6 is 11.6 Å². The van der Waals surface area contributed by atoms with Gasteiger partial charge >= 0.3 is 0 Å². The molecule has 0 saturated carbocycles. The van der Waals surface area contributed by atoms with Gasteiger partial charge in [0.2, 0.25) is 5.91 Å². The third-order valence-corrected chi connectivity index (χ3v) is 7.14. The van der Waals surface area contributed by atoms with Crippen molar-refractivity contribution < 1.29 is 13.2 Å². The number of halogens is 1. The van der Waals surface area contributed by atoms with Gasteiger partial charge in [0, 0.05) is 24.5 Å². The van der Waals surface area contributed by atoms with E-state index in [2.05, 4.69) is 0 Å². The van der Waals surface area contributed by atoms with E-state index >= 15 is 0 Å². The number of carbonyl (C=O) groups excluding carboxylic acids is 1. The minimum atomic E-state index is -3.26. The highest BCUT2D eigenvalue weighted by atomic mass is 35.5. The Morgan fingerprint density at radius 3 is 2.58 bits per heavy atom. The van der Waals surface area contributed by atoms with E-state index in [-0.39, 0.29) is 18.2 Å². The van der Waals surface area contributed by atoms with Crippen LogP contribution in [0.25, 0.3) is 0 Å². The molecule has 0 N–H and O–H groups in total. The zero-order valence-corrected chi connectivity index (χ0v) is 16.0. The van der Waals surface area contributed by atoms with Crippen molar-refractivity contribution in [1.29, 1.82) is 0 Å². The predicted molar refractivity (Wildman–Crippen MR) is 104 cm³/mol. The molecule has 0 spiro atoms.